The lowest BCUT2D eigenvalue weighted by atomic mass is 10.1. The van der Waals surface area contributed by atoms with Crippen molar-refractivity contribution in [3.8, 4) is 11.5 Å². The first-order chi connectivity index (χ1) is 7.74. The van der Waals surface area contributed by atoms with Crippen molar-refractivity contribution in [2.75, 3.05) is 19.5 Å². The van der Waals surface area contributed by atoms with Gasteiger partial charge in [-0.25, -0.2) is 0 Å². The number of ketones is 1. The fourth-order valence-corrected chi connectivity index (χ4v) is 1.75. The van der Waals surface area contributed by atoms with Crippen LogP contribution in [-0.4, -0.2) is 25.3 Å². The second kappa shape index (κ2) is 6.53. The van der Waals surface area contributed by atoms with Gasteiger partial charge in [-0.3, -0.25) is 4.79 Å². The number of halogens is 1. The van der Waals surface area contributed by atoms with Gasteiger partial charge in [0.25, 0.3) is 0 Å². The Bertz CT molecular complexity index is 363. The first-order valence-corrected chi connectivity index (χ1v) is 6.17. The lowest BCUT2D eigenvalue weighted by Crippen LogP contribution is -2.03. The third-order valence-corrected chi connectivity index (χ3v) is 2.80. The second-order valence-electron chi connectivity index (χ2n) is 3.26. The molecule has 1 aromatic carbocycles. The highest BCUT2D eigenvalue weighted by Gasteiger charge is 2.15. The number of methoxy groups -OCH3 is 2. The zero-order valence-electron chi connectivity index (χ0n) is 9.46. The summed E-state index contributed by atoms with van der Waals surface area (Å²) in [7, 11) is 3.10. The third-order valence-electron chi connectivity index (χ3n) is 2.24. The summed E-state index contributed by atoms with van der Waals surface area (Å²) in [5.74, 6) is 1.19. The Morgan fingerprint density at radius 2 is 2.06 bits per heavy atom. The van der Waals surface area contributed by atoms with Gasteiger partial charge in [-0.1, -0.05) is 22.0 Å². The standard InChI is InChI=1S/C12H15BrO3/c1-15-11-7-3-5-9(12(11)16-2)10(14)6-4-8-13/h3,5,7H,4,6,8H2,1-2H3. The summed E-state index contributed by atoms with van der Waals surface area (Å²) in [4.78, 5) is 11.9. The average molecular weight is 287 g/mol. The Labute approximate surface area is 104 Å². The SMILES string of the molecule is COc1cccc(C(=O)CCCBr)c1OC. The van der Waals surface area contributed by atoms with Crippen LogP contribution in [0.25, 0.3) is 0 Å². The molecule has 0 atom stereocenters. The molecule has 0 spiro atoms. The van der Waals surface area contributed by atoms with Crippen LogP contribution in [0.1, 0.15) is 23.2 Å². The molecule has 0 fully saturated rings. The van der Waals surface area contributed by atoms with Gasteiger partial charge >= 0.3 is 0 Å². The molecule has 88 valence electrons. The molecule has 1 aromatic rings. The van der Waals surface area contributed by atoms with Crippen LogP contribution >= 0.6 is 15.9 Å². The number of alkyl halides is 1. The van der Waals surface area contributed by atoms with Crippen molar-refractivity contribution in [1.82, 2.24) is 0 Å². The molecule has 0 saturated heterocycles. The van der Waals surface area contributed by atoms with E-state index in [0.29, 0.717) is 23.5 Å². The van der Waals surface area contributed by atoms with E-state index in [-0.39, 0.29) is 5.78 Å². The van der Waals surface area contributed by atoms with Gasteiger partial charge in [0.15, 0.2) is 17.3 Å². The summed E-state index contributed by atoms with van der Waals surface area (Å²) in [6.07, 6.45) is 1.33. The van der Waals surface area contributed by atoms with Gasteiger partial charge in [-0.15, -0.1) is 0 Å². The van der Waals surface area contributed by atoms with Crippen molar-refractivity contribution in [1.29, 1.82) is 0 Å². The number of hydrogen-bond acceptors (Lipinski definition) is 3. The molecule has 0 aliphatic carbocycles. The van der Waals surface area contributed by atoms with E-state index in [2.05, 4.69) is 15.9 Å². The number of carbonyl (C=O) groups excluding carboxylic acids is 1. The van der Waals surface area contributed by atoms with Crippen molar-refractivity contribution >= 4 is 21.7 Å². The third kappa shape index (κ3) is 2.98. The molecular weight excluding hydrogens is 272 g/mol. The Morgan fingerprint density at radius 1 is 1.31 bits per heavy atom. The average Bonchev–Trinajstić information content (AvgIpc) is 2.34. The minimum absolute atomic E-state index is 0.0789. The van der Waals surface area contributed by atoms with Crippen LogP contribution < -0.4 is 9.47 Å². The summed E-state index contributed by atoms with van der Waals surface area (Å²) in [5, 5.41) is 0.824. The van der Waals surface area contributed by atoms with E-state index in [4.69, 9.17) is 9.47 Å². The van der Waals surface area contributed by atoms with Crippen molar-refractivity contribution in [2.45, 2.75) is 12.8 Å². The molecule has 0 amide bonds. The van der Waals surface area contributed by atoms with Crippen LogP contribution in [0, 0.1) is 0 Å². The minimum atomic E-state index is 0.0789. The van der Waals surface area contributed by atoms with Gasteiger partial charge in [0.1, 0.15) is 0 Å². The molecule has 0 bridgehead atoms. The topological polar surface area (TPSA) is 35.5 Å². The Morgan fingerprint density at radius 3 is 2.62 bits per heavy atom. The molecule has 0 aliphatic rings. The zero-order chi connectivity index (χ0) is 12.0. The predicted molar refractivity (Wildman–Crippen MR) is 66.9 cm³/mol. The number of carbonyl (C=O) groups is 1. The highest BCUT2D eigenvalue weighted by atomic mass is 79.9. The van der Waals surface area contributed by atoms with E-state index in [0.717, 1.165) is 11.8 Å². The van der Waals surface area contributed by atoms with E-state index in [1.54, 1.807) is 32.4 Å². The van der Waals surface area contributed by atoms with Gasteiger partial charge in [0.05, 0.1) is 19.8 Å². The van der Waals surface area contributed by atoms with Crippen molar-refractivity contribution < 1.29 is 14.3 Å². The monoisotopic (exact) mass is 286 g/mol. The van der Waals surface area contributed by atoms with Crippen molar-refractivity contribution in [3.05, 3.63) is 23.8 Å². The van der Waals surface area contributed by atoms with E-state index < -0.39 is 0 Å². The molecule has 0 radical (unpaired) electrons. The van der Waals surface area contributed by atoms with Crippen LogP contribution in [0.2, 0.25) is 0 Å². The smallest absolute Gasteiger partial charge is 0.171 e. The van der Waals surface area contributed by atoms with Crippen LogP contribution in [0.15, 0.2) is 18.2 Å². The van der Waals surface area contributed by atoms with Crippen LogP contribution in [0.4, 0.5) is 0 Å². The minimum Gasteiger partial charge on any atom is -0.493 e. The van der Waals surface area contributed by atoms with E-state index in [1.807, 2.05) is 0 Å². The lowest BCUT2D eigenvalue weighted by Gasteiger charge is -2.11. The molecular formula is C12H15BrO3. The molecule has 0 heterocycles. The molecule has 0 unspecified atom stereocenters. The van der Waals surface area contributed by atoms with Crippen molar-refractivity contribution in [3.63, 3.8) is 0 Å². The highest BCUT2D eigenvalue weighted by molar-refractivity contribution is 9.09. The maximum atomic E-state index is 11.9. The number of rotatable bonds is 6. The number of hydrogen-bond donors (Lipinski definition) is 0. The molecule has 0 aliphatic heterocycles. The van der Waals surface area contributed by atoms with Crippen LogP contribution in [0.5, 0.6) is 11.5 Å². The summed E-state index contributed by atoms with van der Waals surface area (Å²) < 4.78 is 10.4. The lowest BCUT2D eigenvalue weighted by molar-refractivity contribution is 0.0978. The summed E-state index contributed by atoms with van der Waals surface area (Å²) in [6, 6.07) is 5.33. The molecule has 0 aromatic heterocycles. The highest BCUT2D eigenvalue weighted by Crippen LogP contribution is 2.31. The van der Waals surface area contributed by atoms with E-state index >= 15 is 0 Å². The van der Waals surface area contributed by atoms with Gasteiger partial charge in [0, 0.05) is 11.8 Å². The van der Waals surface area contributed by atoms with Crippen LogP contribution in [0.3, 0.4) is 0 Å². The molecule has 16 heavy (non-hydrogen) atoms. The number of benzene rings is 1. The number of para-hydroxylation sites is 1. The first-order valence-electron chi connectivity index (χ1n) is 5.04. The molecule has 0 N–H and O–H groups in total. The van der Waals surface area contributed by atoms with Gasteiger partial charge in [0.2, 0.25) is 0 Å². The Balaban J connectivity index is 2.98. The zero-order valence-corrected chi connectivity index (χ0v) is 11.0. The van der Waals surface area contributed by atoms with E-state index in [1.165, 1.54) is 0 Å². The molecule has 0 saturated carbocycles. The normalized spacial score (nSPS) is 9.94. The summed E-state index contributed by atoms with van der Waals surface area (Å²) in [6.45, 7) is 0. The fourth-order valence-electron chi connectivity index (χ4n) is 1.47. The maximum Gasteiger partial charge on any atom is 0.171 e. The Kier molecular flexibility index (Phi) is 5.32. The van der Waals surface area contributed by atoms with Gasteiger partial charge < -0.3 is 9.47 Å². The first kappa shape index (κ1) is 13.0. The van der Waals surface area contributed by atoms with E-state index in [9.17, 15) is 4.79 Å². The molecule has 4 heteroatoms. The number of ether oxygens (including phenoxy) is 2. The largest absolute Gasteiger partial charge is 0.493 e. The maximum absolute atomic E-state index is 11.9. The molecule has 1 rings (SSSR count). The summed E-state index contributed by atoms with van der Waals surface area (Å²) >= 11 is 3.31. The van der Waals surface area contributed by atoms with Gasteiger partial charge in [-0.05, 0) is 18.6 Å². The Hall–Kier alpha value is -1.03. The number of Topliss-reactive ketones (excluding diaryl/α,β-unsaturated/α-hetero) is 1. The second-order valence-corrected chi connectivity index (χ2v) is 4.05. The fraction of sp³-hybridized carbons (Fsp3) is 0.417. The van der Waals surface area contributed by atoms with Crippen molar-refractivity contribution in [2.24, 2.45) is 0 Å². The predicted octanol–water partition coefficient (Wildman–Crippen LogP) is 3.06. The molecule has 3 nitrogen and oxygen atoms in total. The van der Waals surface area contributed by atoms with Gasteiger partial charge in [-0.2, -0.15) is 0 Å². The quantitative estimate of drug-likeness (QED) is 0.596. The summed E-state index contributed by atoms with van der Waals surface area (Å²) in [5.41, 5.74) is 0.586. The van der Waals surface area contributed by atoms with Crippen LogP contribution in [-0.2, 0) is 0 Å².